The van der Waals surface area contributed by atoms with Crippen molar-refractivity contribution in [3.05, 3.63) is 76.3 Å². The van der Waals surface area contributed by atoms with E-state index >= 15 is 0 Å². The third-order valence-electron chi connectivity index (χ3n) is 4.15. The van der Waals surface area contributed by atoms with Crippen molar-refractivity contribution in [2.45, 2.75) is 13.0 Å². The predicted octanol–water partition coefficient (Wildman–Crippen LogP) is 4.04. The van der Waals surface area contributed by atoms with Gasteiger partial charge in [0.15, 0.2) is 6.10 Å². The topological polar surface area (TPSA) is 124 Å². The van der Waals surface area contributed by atoms with Gasteiger partial charge in [0.2, 0.25) is 5.89 Å². The highest BCUT2D eigenvalue weighted by Gasteiger charge is 2.21. The third kappa shape index (κ3) is 3.32. The Morgan fingerprint density at radius 1 is 1.18 bits per heavy atom. The average Bonchev–Trinajstić information content (AvgIpc) is 3.35. The second-order valence-electron chi connectivity index (χ2n) is 6.07. The van der Waals surface area contributed by atoms with Gasteiger partial charge in [-0.15, -0.1) is 10.2 Å². The number of esters is 1. The molecule has 9 heteroatoms. The molecule has 9 nitrogen and oxygen atoms in total. The van der Waals surface area contributed by atoms with Crippen LogP contribution in [0.1, 0.15) is 29.4 Å². The zero-order valence-corrected chi connectivity index (χ0v) is 14.7. The number of nitro groups is 1. The number of aromatic amines is 1. The summed E-state index contributed by atoms with van der Waals surface area (Å²) >= 11 is 0. The van der Waals surface area contributed by atoms with Gasteiger partial charge in [0.25, 0.3) is 11.6 Å². The summed E-state index contributed by atoms with van der Waals surface area (Å²) in [5, 5.41) is 19.4. The second kappa shape index (κ2) is 6.95. The minimum atomic E-state index is -0.766. The molecule has 4 rings (SSSR count). The first-order valence-electron chi connectivity index (χ1n) is 8.38. The summed E-state index contributed by atoms with van der Waals surface area (Å²) in [5.74, 6) is -0.241. The summed E-state index contributed by atoms with van der Waals surface area (Å²) in [5.41, 5.74) is 1.64. The number of carbonyl (C=O) groups is 1. The number of aromatic nitrogens is 3. The summed E-state index contributed by atoms with van der Waals surface area (Å²) in [4.78, 5) is 25.6. The fourth-order valence-corrected chi connectivity index (χ4v) is 2.70. The van der Waals surface area contributed by atoms with Gasteiger partial charge < -0.3 is 14.1 Å². The standard InChI is InChI=1S/C19H14N4O5/c1-11(27-19(24)16-10-13-4-2-3-5-15(13)20-16)17-21-22-18(28-17)12-6-8-14(9-7-12)23(25)26/h2-11,20H,1H3/t11-/m1/s1. The van der Waals surface area contributed by atoms with Crippen molar-refractivity contribution >= 4 is 22.6 Å². The molecule has 0 spiro atoms. The van der Waals surface area contributed by atoms with Gasteiger partial charge in [-0.2, -0.15) is 0 Å². The number of hydrogen-bond donors (Lipinski definition) is 1. The first kappa shape index (κ1) is 17.4. The first-order chi connectivity index (χ1) is 13.5. The van der Waals surface area contributed by atoms with Crippen LogP contribution in [0.5, 0.6) is 0 Å². The Labute approximate surface area is 158 Å². The molecule has 4 aromatic rings. The Balaban J connectivity index is 1.48. The molecule has 0 aliphatic rings. The van der Waals surface area contributed by atoms with E-state index in [0.29, 0.717) is 11.3 Å². The third-order valence-corrected chi connectivity index (χ3v) is 4.15. The van der Waals surface area contributed by atoms with E-state index in [1.54, 1.807) is 13.0 Å². The summed E-state index contributed by atoms with van der Waals surface area (Å²) in [6, 6.07) is 14.9. The maximum Gasteiger partial charge on any atom is 0.355 e. The second-order valence-corrected chi connectivity index (χ2v) is 6.07. The zero-order chi connectivity index (χ0) is 19.7. The van der Waals surface area contributed by atoms with Crippen LogP contribution in [0, 0.1) is 10.1 Å². The Bertz CT molecular complexity index is 1130. The molecule has 0 bridgehead atoms. The average molecular weight is 378 g/mol. The number of nitro benzene ring substituents is 1. The van der Waals surface area contributed by atoms with Gasteiger partial charge in [-0.25, -0.2) is 4.79 Å². The highest BCUT2D eigenvalue weighted by Crippen LogP contribution is 2.25. The summed E-state index contributed by atoms with van der Waals surface area (Å²) < 4.78 is 10.9. The monoisotopic (exact) mass is 378 g/mol. The number of nitrogens with zero attached hydrogens (tertiary/aromatic N) is 3. The van der Waals surface area contributed by atoms with Crippen molar-refractivity contribution in [3.8, 4) is 11.5 Å². The number of rotatable bonds is 5. The molecule has 0 fully saturated rings. The van der Waals surface area contributed by atoms with Crippen molar-refractivity contribution in [2.24, 2.45) is 0 Å². The highest BCUT2D eigenvalue weighted by molar-refractivity contribution is 5.94. The maximum absolute atomic E-state index is 12.4. The van der Waals surface area contributed by atoms with Gasteiger partial charge in [0, 0.05) is 28.6 Å². The van der Waals surface area contributed by atoms with Crippen molar-refractivity contribution in [3.63, 3.8) is 0 Å². The minimum absolute atomic E-state index is 0.0379. The summed E-state index contributed by atoms with van der Waals surface area (Å²) in [6.07, 6.45) is -0.766. The van der Waals surface area contributed by atoms with E-state index in [2.05, 4.69) is 15.2 Å². The zero-order valence-electron chi connectivity index (χ0n) is 14.7. The minimum Gasteiger partial charge on any atom is -0.448 e. The van der Waals surface area contributed by atoms with E-state index in [9.17, 15) is 14.9 Å². The Morgan fingerprint density at radius 3 is 2.64 bits per heavy atom. The number of para-hydroxylation sites is 1. The van der Waals surface area contributed by atoms with Crippen LogP contribution in [-0.4, -0.2) is 26.1 Å². The molecule has 0 aliphatic heterocycles. The number of non-ortho nitro benzene ring substituents is 1. The molecule has 0 saturated heterocycles. The molecular weight excluding hydrogens is 364 g/mol. The van der Waals surface area contributed by atoms with Crippen LogP contribution in [0.2, 0.25) is 0 Å². The van der Waals surface area contributed by atoms with Gasteiger partial charge in [-0.1, -0.05) is 18.2 Å². The molecule has 1 atom stereocenters. The molecule has 140 valence electrons. The fourth-order valence-electron chi connectivity index (χ4n) is 2.70. The lowest BCUT2D eigenvalue weighted by Crippen LogP contribution is -2.09. The van der Waals surface area contributed by atoms with E-state index in [1.807, 2.05) is 24.3 Å². The first-order valence-corrected chi connectivity index (χ1v) is 8.38. The van der Waals surface area contributed by atoms with Crippen molar-refractivity contribution < 1.29 is 18.9 Å². The van der Waals surface area contributed by atoms with Crippen LogP contribution in [0.4, 0.5) is 5.69 Å². The van der Waals surface area contributed by atoms with Crippen LogP contribution in [0.15, 0.2) is 59.0 Å². The van der Waals surface area contributed by atoms with Crippen LogP contribution in [0.25, 0.3) is 22.4 Å². The van der Waals surface area contributed by atoms with Crippen LogP contribution >= 0.6 is 0 Å². The number of nitrogens with one attached hydrogen (secondary N) is 1. The van der Waals surface area contributed by atoms with Gasteiger partial charge in [0.05, 0.1) is 4.92 Å². The van der Waals surface area contributed by atoms with Crippen molar-refractivity contribution in [1.82, 2.24) is 15.2 Å². The van der Waals surface area contributed by atoms with Gasteiger partial charge in [-0.05, 0) is 31.2 Å². The number of carbonyl (C=O) groups excluding carboxylic acids is 1. The largest absolute Gasteiger partial charge is 0.448 e. The molecule has 0 saturated carbocycles. The fraction of sp³-hybridized carbons (Fsp3) is 0.105. The molecule has 28 heavy (non-hydrogen) atoms. The Kier molecular flexibility index (Phi) is 4.32. The quantitative estimate of drug-likeness (QED) is 0.315. The smallest absolute Gasteiger partial charge is 0.355 e. The number of hydrogen-bond acceptors (Lipinski definition) is 7. The Hall–Kier alpha value is -4.01. The molecule has 1 N–H and O–H groups in total. The summed E-state index contributed by atoms with van der Waals surface area (Å²) in [7, 11) is 0. The number of ether oxygens (including phenoxy) is 1. The number of H-pyrrole nitrogens is 1. The number of fused-ring (bicyclic) bond motifs is 1. The van der Waals surface area contributed by atoms with Crippen LogP contribution in [-0.2, 0) is 4.74 Å². The molecule has 2 aromatic carbocycles. The molecule has 0 radical (unpaired) electrons. The summed E-state index contributed by atoms with van der Waals surface area (Å²) in [6.45, 7) is 1.62. The van der Waals surface area contributed by atoms with E-state index in [1.165, 1.54) is 24.3 Å². The number of benzene rings is 2. The lowest BCUT2D eigenvalue weighted by Gasteiger charge is -2.08. The lowest BCUT2D eigenvalue weighted by molar-refractivity contribution is -0.384. The van der Waals surface area contributed by atoms with Crippen molar-refractivity contribution in [2.75, 3.05) is 0 Å². The van der Waals surface area contributed by atoms with E-state index in [0.717, 1.165) is 10.9 Å². The maximum atomic E-state index is 12.4. The van der Waals surface area contributed by atoms with E-state index < -0.39 is 17.0 Å². The molecule has 0 unspecified atom stereocenters. The SMILES string of the molecule is C[C@@H](OC(=O)c1cc2ccccc2[nH]1)c1nnc(-c2ccc([N+](=O)[O-])cc2)o1. The van der Waals surface area contributed by atoms with Crippen molar-refractivity contribution in [1.29, 1.82) is 0 Å². The van der Waals surface area contributed by atoms with Crippen LogP contribution < -0.4 is 0 Å². The molecular formula is C19H14N4O5. The van der Waals surface area contributed by atoms with E-state index in [4.69, 9.17) is 9.15 Å². The Morgan fingerprint density at radius 2 is 1.93 bits per heavy atom. The molecule has 2 aromatic heterocycles. The van der Waals surface area contributed by atoms with Gasteiger partial charge in [-0.3, -0.25) is 10.1 Å². The lowest BCUT2D eigenvalue weighted by atomic mass is 10.2. The molecule has 2 heterocycles. The van der Waals surface area contributed by atoms with Gasteiger partial charge in [0.1, 0.15) is 5.69 Å². The predicted molar refractivity (Wildman–Crippen MR) is 98.5 cm³/mol. The van der Waals surface area contributed by atoms with E-state index in [-0.39, 0.29) is 17.5 Å². The van der Waals surface area contributed by atoms with Gasteiger partial charge >= 0.3 is 5.97 Å². The molecule has 0 aliphatic carbocycles. The molecule has 0 amide bonds. The normalized spacial score (nSPS) is 12.0. The highest BCUT2D eigenvalue weighted by atomic mass is 16.6. The van der Waals surface area contributed by atoms with Crippen LogP contribution in [0.3, 0.4) is 0 Å².